The number of hydrogen-bond donors (Lipinski definition) is 0. The molecule has 0 aliphatic heterocycles. The van der Waals surface area contributed by atoms with E-state index >= 15 is 0 Å². The molecule has 0 unspecified atom stereocenters. The average molecular weight is 220 g/mol. The van der Waals surface area contributed by atoms with Crippen molar-refractivity contribution in [2.45, 2.75) is 33.6 Å². The van der Waals surface area contributed by atoms with Crippen LogP contribution in [0.4, 0.5) is 0 Å². The van der Waals surface area contributed by atoms with E-state index in [9.17, 15) is 4.79 Å². The number of Topliss-reactive ketones (excluding diaryl/α,β-unsaturated/α-hetero) is 1. The Labute approximate surface area is 97.6 Å². The lowest BCUT2D eigenvalue weighted by atomic mass is 9.99. The summed E-state index contributed by atoms with van der Waals surface area (Å²) in [6, 6.07) is 6.01. The lowest BCUT2D eigenvalue weighted by molar-refractivity contribution is 0.0946. The van der Waals surface area contributed by atoms with E-state index in [-0.39, 0.29) is 5.78 Å². The predicted octanol–water partition coefficient (Wildman–Crippen LogP) is 3.30. The fourth-order valence-corrected chi connectivity index (χ4v) is 1.65. The Morgan fingerprint density at radius 2 is 2.06 bits per heavy atom. The van der Waals surface area contributed by atoms with Crippen molar-refractivity contribution in [3.05, 3.63) is 34.9 Å². The molecule has 0 aliphatic carbocycles. The van der Waals surface area contributed by atoms with Crippen molar-refractivity contribution in [1.82, 2.24) is 0 Å². The van der Waals surface area contributed by atoms with Gasteiger partial charge in [-0.1, -0.05) is 17.7 Å². The van der Waals surface area contributed by atoms with Gasteiger partial charge in [0.15, 0.2) is 5.78 Å². The van der Waals surface area contributed by atoms with Gasteiger partial charge in [0, 0.05) is 25.2 Å². The Bertz CT molecular complexity index is 356. The smallest absolute Gasteiger partial charge is 0.163 e. The second kappa shape index (κ2) is 6.44. The summed E-state index contributed by atoms with van der Waals surface area (Å²) in [4.78, 5) is 11.9. The van der Waals surface area contributed by atoms with Gasteiger partial charge in [0.05, 0.1) is 0 Å². The van der Waals surface area contributed by atoms with Crippen LogP contribution in [0, 0.1) is 13.8 Å². The zero-order chi connectivity index (χ0) is 12.0. The number of benzene rings is 1. The Hall–Kier alpha value is -1.15. The number of ether oxygens (including phenoxy) is 1. The number of carbonyl (C=O) groups excluding carboxylic acids is 1. The van der Waals surface area contributed by atoms with Crippen molar-refractivity contribution < 1.29 is 9.53 Å². The number of rotatable bonds is 6. The van der Waals surface area contributed by atoms with E-state index < -0.39 is 0 Å². The molecule has 88 valence electrons. The second-order valence-electron chi connectivity index (χ2n) is 4.04. The number of hydrogen-bond acceptors (Lipinski definition) is 2. The van der Waals surface area contributed by atoms with Crippen LogP contribution in [0.2, 0.25) is 0 Å². The summed E-state index contributed by atoms with van der Waals surface area (Å²) in [6.07, 6.45) is 1.38. The molecule has 0 heterocycles. The van der Waals surface area contributed by atoms with Gasteiger partial charge in [0.1, 0.15) is 0 Å². The van der Waals surface area contributed by atoms with E-state index in [1.54, 1.807) is 0 Å². The summed E-state index contributed by atoms with van der Waals surface area (Å²) >= 11 is 0. The highest BCUT2D eigenvalue weighted by molar-refractivity contribution is 5.97. The third kappa shape index (κ3) is 3.78. The summed E-state index contributed by atoms with van der Waals surface area (Å²) in [6.45, 7) is 7.35. The van der Waals surface area contributed by atoms with Crippen LogP contribution in [0.25, 0.3) is 0 Å². The number of carbonyl (C=O) groups is 1. The van der Waals surface area contributed by atoms with Crippen LogP contribution in [-0.4, -0.2) is 19.0 Å². The van der Waals surface area contributed by atoms with Crippen LogP contribution < -0.4 is 0 Å². The first-order valence-corrected chi connectivity index (χ1v) is 5.83. The summed E-state index contributed by atoms with van der Waals surface area (Å²) in [7, 11) is 0. The number of ketones is 1. The van der Waals surface area contributed by atoms with Gasteiger partial charge in [-0.25, -0.2) is 0 Å². The molecule has 2 heteroatoms. The van der Waals surface area contributed by atoms with Crippen molar-refractivity contribution in [2.75, 3.05) is 13.2 Å². The van der Waals surface area contributed by atoms with Gasteiger partial charge in [-0.2, -0.15) is 0 Å². The first-order chi connectivity index (χ1) is 7.65. The average Bonchev–Trinajstić information content (AvgIpc) is 2.27. The zero-order valence-electron chi connectivity index (χ0n) is 10.4. The largest absolute Gasteiger partial charge is 0.382 e. The molecule has 0 spiro atoms. The first-order valence-electron chi connectivity index (χ1n) is 5.83. The Morgan fingerprint density at radius 3 is 2.75 bits per heavy atom. The molecule has 0 saturated carbocycles. The standard InChI is InChI=1S/C14H20O2/c1-4-16-9-5-6-14(15)13-10-11(2)7-8-12(13)3/h7-8,10H,4-6,9H2,1-3H3. The predicted molar refractivity (Wildman–Crippen MR) is 66.0 cm³/mol. The van der Waals surface area contributed by atoms with E-state index in [1.807, 2.05) is 39.0 Å². The Balaban J connectivity index is 2.55. The van der Waals surface area contributed by atoms with Gasteiger partial charge in [-0.15, -0.1) is 0 Å². The van der Waals surface area contributed by atoms with Gasteiger partial charge in [0.25, 0.3) is 0 Å². The van der Waals surface area contributed by atoms with Crippen LogP contribution in [0.5, 0.6) is 0 Å². The fourth-order valence-electron chi connectivity index (χ4n) is 1.65. The maximum absolute atomic E-state index is 11.9. The third-order valence-corrected chi connectivity index (χ3v) is 2.59. The number of aryl methyl sites for hydroxylation is 2. The first kappa shape index (κ1) is 12.9. The monoisotopic (exact) mass is 220 g/mol. The molecule has 0 radical (unpaired) electrons. The minimum atomic E-state index is 0.223. The highest BCUT2D eigenvalue weighted by Crippen LogP contribution is 2.13. The molecule has 0 atom stereocenters. The topological polar surface area (TPSA) is 26.3 Å². The fraction of sp³-hybridized carbons (Fsp3) is 0.500. The second-order valence-corrected chi connectivity index (χ2v) is 4.04. The molecule has 16 heavy (non-hydrogen) atoms. The highest BCUT2D eigenvalue weighted by Gasteiger charge is 2.08. The summed E-state index contributed by atoms with van der Waals surface area (Å²) < 4.78 is 5.22. The molecule has 0 aliphatic rings. The van der Waals surface area contributed by atoms with Gasteiger partial charge in [-0.3, -0.25) is 4.79 Å². The maximum Gasteiger partial charge on any atom is 0.163 e. The van der Waals surface area contributed by atoms with Crippen molar-refractivity contribution >= 4 is 5.78 Å². The molecular weight excluding hydrogens is 200 g/mol. The zero-order valence-corrected chi connectivity index (χ0v) is 10.4. The van der Waals surface area contributed by atoms with Crippen molar-refractivity contribution in [2.24, 2.45) is 0 Å². The molecule has 0 amide bonds. The maximum atomic E-state index is 11.9. The van der Waals surface area contributed by atoms with Crippen molar-refractivity contribution in [3.63, 3.8) is 0 Å². The SMILES string of the molecule is CCOCCCC(=O)c1cc(C)ccc1C. The minimum Gasteiger partial charge on any atom is -0.382 e. The summed E-state index contributed by atoms with van der Waals surface area (Å²) in [5.74, 6) is 0.223. The van der Waals surface area contributed by atoms with Crippen LogP contribution in [0.15, 0.2) is 18.2 Å². The van der Waals surface area contributed by atoms with E-state index in [1.165, 1.54) is 0 Å². The molecule has 0 fully saturated rings. The highest BCUT2D eigenvalue weighted by atomic mass is 16.5. The van der Waals surface area contributed by atoms with Gasteiger partial charge < -0.3 is 4.74 Å². The molecule has 0 saturated heterocycles. The van der Waals surface area contributed by atoms with E-state index in [4.69, 9.17) is 4.74 Å². The molecule has 2 nitrogen and oxygen atoms in total. The van der Waals surface area contributed by atoms with Gasteiger partial charge >= 0.3 is 0 Å². The van der Waals surface area contributed by atoms with Crippen molar-refractivity contribution in [1.29, 1.82) is 0 Å². The Morgan fingerprint density at radius 1 is 1.31 bits per heavy atom. The molecule has 0 N–H and O–H groups in total. The van der Waals surface area contributed by atoms with E-state index in [2.05, 4.69) is 0 Å². The quantitative estimate of drug-likeness (QED) is 0.543. The molecule has 1 rings (SSSR count). The summed E-state index contributed by atoms with van der Waals surface area (Å²) in [5, 5.41) is 0. The van der Waals surface area contributed by atoms with Crippen LogP contribution >= 0.6 is 0 Å². The lowest BCUT2D eigenvalue weighted by Crippen LogP contribution is -2.04. The normalized spacial score (nSPS) is 10.4. The van der Waals surface area contributed by atoms with Crippen LogP contribution in [0.3, 0.4) is 0 Å². The Kier molecular flexibility index (Phi) is 5.20. The van der Waals surface area contributed by atoms with E-state index in [0.29, 0.717) is 13.0 Å². The molecule has 0 bridgehead atoms. The molecule has 0 aromatic heterocycles. The summed E-state index contributed by atoms with van der Waals surface area (Å²) in [5.41, 5.74) is 3.06. The van der Waals surface area contributed by atoms with Gasteiger partial charge in [-0.05, 0) is 38.8 Å². The minimum absolute atomic E-state index is 0.223. The molecular formula is C14H20O2. The third-order valence-electron chi connectivity index (χ3n) is 2.59. The lowest BCUT2D eigenvalue weighted by Gasteiger charge is -2.06. The van der Waals surface area contributed by atoms with Crippen molar-refractivity contribution in [3.8, 4) is 0 Å². The van der Waals surface area contributed by atoms with Crippen LogP contribution in [0.1, 0.15) is 41.3 Å². The molecule has 1 aromatic carbocycles. The molecule has 1 aromatic rings. The van der Waals surface area contributed by atoms with E-state index in [0.717, 1.165) is 29.7 Å². The van der Waals surface area contributed by atoms with Crippen LogP contribution in [-0.2, 0) is 4.74 Å². The van der Waals surface area contributed by atoms with Gasteiger partial charge in [0.2, 0.25) is 0 Å².